The number of nitrogens with zero attached hydrogens (tertiary/aromatic N) is 2. The molecule has 0 atom stereocenters. The third-order valence-electron chi connectivity index (χ3n) is 4.31. The second kappa shape index (κ2) is 6.64. The topological polar surface area (TPSA) is 68.3 Å². The number of hydrogen-bond acceptors (Lipinski definition) is 5. The van der Waals surface area contributed by atoms with Crippen LogP contribution in [0.4, 0.5) is 0 Å². The summed E-state index contributed by atoms with van der Waals surface area (Å²) in [7, 11) is -0.270. The highest BCUT2D eigenvalue weighted by Crippen LogP contribution is 2.34. The molecule has 0 saturated carbocycles. The summed E-state index contributed by atoms with van der Waals surface area (Å²) in [5.74, 6) is 1.30. The number of hydrogen-bond donors (Lipinski definition) is 0. The van der Waals surface area contributed by atoms with Crippen molar-refractivity contribution in [2.75, 3.05) is 47.1 Å². The Kier molecular flexibility index (Phi) is 4.77. The maximum atomic E-state index is 12.8. The fourth-order valence-electron chi connectivity index (χ4n) is 2.99. The molecule has 1 aromatic carbocycles. The summed E-state index contributed by atoms with van der Waals surface area (Å²) in [6.45, 7) is 2.57. The Morgan fingerprint density at radius 3 is 2.17 bits per heavy atom. The first kappa shape index (κ1) is 16.5. The number of benzene rings is 1. The van der Waals surface area contributed by atoms with Crippen LogP contribution in [0, 0.1) is 0 Å². The smallest absolute Gasteiger partial charge is 0.282 e. The highest BCUT2D eigenvalue weighted by atomic mass is 32.2. The van der Waals surface area contributed by atoms with Gasteiger partial charge in [-0.3, -0.25) is 0 Å². The van der Waals surface area contributed by atoms with E-state index in [1.807, 2.05) is 12.1 Å². The van der Waals surface area contributed by atoms with Crippen LogP contribution in [-0.4, -0.2) is 64.1 Å². The summed E-state index contributed by atoms with van der Waals surface area (Å²) in [6, 6.07) is 3.81. The molecule has 2 aliphatic heterocycles. The molecule has 0 N–H and O–H groups in total. The van der Waals surface area contributed by atoms with Gasteiger partial charge in [0.05, 0.1) is 27.4 Å². The molecule has 7 nitrogen and oxygen atoms in total. The number of morpholine rings is 1. The van der Waals surface area contributed by atoms with Crippen LogP contribution in [0.2, 0.25) is 0 Å². The summed E-state index contributed by atoms with van der Waals surface area (Å²) >= 11 is 0. The van der Waals surface area contributed by atoms with Gasteiger partial charge in [-0.2, -0.15) is 17.0 Å². The van der Waals surface area contributed by atoms with Gasteiger partial charge in [0.15, 0.2) is 11.5 Å². The van der Waals surface area contributed by atoms with Gasteiger partial charge in [0.25, 0.3) is 10.2 Å². The molecule has 128 valence electrons. The van der Waals surface area contributed by atoms with Crippen molar-refractivity contribution >= 4 is 10.2 Å². The van der Waals surface area contributed by atoms with Crippen LogP contribution in [-0.2, 0) is 27.9 Å². The Bertz CT molecular complexity index is 671. The van der Waals surface area contributed by atoms with E-state index in [0.717, 1.165) is 11.1 Å². The Balaban J connectivity index is 1.84. The molecular weight excluding hydrogens is 320 g/mol. The quantitative estimate of drug-likeness (QED) is 0.803. The fraction of sp³-hybridized carbons (Fsp3) is 0.600. The van der Waals surface area contributed by atoms with E-state index in [0.29, 0.717) is 57.3 Å². The van der Waals surface area contributed by atoms with Crippen LogP contribution >= 0.6 is 0 Å². The van der Waals surface area contributed by atoms with E-state index in [2.05, 4.69) is 0 Å². The van der Waals surface area contributed by atoms with Gasteiger partial charge in [-0.25, -0.2) is 0 Å². The third-order valence-corrected chi connectivity index (χ3v) is 6.29. The molecule has 3 rings (SSSR count). The Morgan fingerprint density at radius 2 is 1.57 bits per heavy atom. The zero-order chi connectivity index (χ0) is 16.4. The Labute approximate surface area is 136 Å². The van der Waals surface area contributed by atoms with Crippen LogP contribution in [0.1, 0.15) is 11.1 Å². The van der Waals surface area contributed by atoms with Crippen LogP contribution in [0.25, 0.3) is 0 Å². The minimum Gasteiger partial charge on any atom is -0.493 e. The molecule has 1 aromatic rings. The highest BCUT2D eigenvalue weighted by molar-refractivity contribution is 7.86. The van der Waals surface area contributed by atoms with Crippen LogP contribution in [0.3, 0.4) is 0 Å². The fourth-order valence-corrected chi connectivity index (χ4v) is 4.56. The minimum absolute atomic E-state index is 0.357. The van der Waals surface area contributed by atoms with E-state index < -0.39 is 10.2 Å². The molecule has 8 heteroatoms. The summed E-state index contributed by atoms with van der Waals surface area (Å²) in [5, 5.41) is 0. The van der Waals surface area contributed by atoms with Crippen molar-refractivity contribution in [2.45, 2.75) is 13.0 Å². The predicted molar refractivity (Wildman–Crippen MR) is 85.0 cm³/mol. The van der Waals surface area contributed by atoms with Gasteiger partial charge in [0, 0.05) is 26.2 Å². The molecule has 0 radical (unpaired) electrons. The van der Waals surface area contributed by atoms with Crippen molar-refractivity contribution in [2.24, 2.45) is 0 Å². The molecule has 2 heterocycles. The van der Waals surface area contributed by atoms with Crippen molar-refractivity contribution in [1.82, 2.24) is 8.61 Å². The first-order valence-corrected chi connectivity index (χ1v) is 9.02. The second-order valence-electron chi connectivity index (χ2n) is 5.58. The molecule has 0 spiro atoms. The van der Waals surface area contributed by atoms with E-state index >= 15 is 0 Å². The molecule has 0 bridgehead atoms. The van der Waals surface area contributed by atoms with E-state index in [9.17, 15) is 8.42 Å². The lowest BCUT2D eigenvalue weighted by atomic mass is 10.0. The molecular formula is C15H22N2O5S. The molecule has 23 heavy (non-hydrogen) atoms. The number of rotatable bonds is 4. The predicted octanol–water partition coefficient (Wildman–Crippen LogP) is 0.639. The average Bonchev–Trinajstić information content (AvgIpc) is 2.60. The highest BCUT2D eigenvalue weighted by Gasteiger charge is 2.33. The molecule has 1 fully saturated rings. The van der Waals surface area contributed by atoms with E-state index in [1.165, 1.54) is 8.61 Å². The number of ether oxygens (including phenoxy) is 3. The maximum absolute atomic E-state index is 12.8. The zero-order valence-corrected chi connectivity index (χ0v) is 14.3. The molecule has 0 aromatic heterocycles. The molecule has 2 aliphatic rings. The van der Waals surface area contributed by atoms with Gasteiger partial charge in [0.2, 0.25) is 0 Å². The van der Waals surface area contributed by atoms with Gasteiger partial charge in [-0.1, -0.05) is 0 Å². The molecule has 0 aliphatic carbocycles. The lowest BCUT2D eigenvalue weighted by Gasteiger charge is -2.34. The number of methoxy groups -OCH3 is 2. The van der Waals surface area contributed by atoms with E-state index in [4.69, 9.17) is 14.2 Å². The summed E-state index contributed by atoms with van der Waals surface area (Å²) < 4.78 is 44.4. The van der Waals surface area contributed by atoms with Gasteiger partial charge in [-0.15, -0.1) is 0 Å². The summed E-state index contributed by atoms with van der Waals surface area (Å²) in [6.07, 6.45) is 0.666. The maximum Gasteiger partial charge on any atom is 0.282 e. The van der Waals surface area contributed by atoms with E-state index in [1.54, 1.807) is 14.2 Å². The monoisotopic (exact) mass is 342 g/mol. The van der Waals surface area contributed by atoms with Gasteiger partial charge >= 0.3 is 0 Å². The summed E-state index contributed by atoms with van der Waals surface area (Å²) in [5.41, 5.74) is 2.07. The number of fused-ring (bicyclic) bond motifs is 1. The first-order valence-electron chi connectivity index (χ1n) is 7.63. The Morgan fingerprint density at radius 1 is 0.957 bits per heavy atom. The minimum atomic E-state index is -3.45. The first-order chi connectivity index (χ1) is 11.1. The van der Waals surface area contributed by atoms with Crippen LogP contribution in [0.5, 0.6) is 11.5 Å². The van der Waals surface area contributed by atoms with Crippen molar-refractivity contribution in [3.8, 4) is 11.5 Å². The van der Waals surface area contributed by atoms with Crippen molar-refractivity contribution in [1.29, 1.82) is 0 Å². The largest absolute Gasteiger partial charge is 0.493 e. The molecule has 0 amide bonds. The van der Waals surface area contributed by atoms with E-state index in [-0.39, 0.29) is 0 Å². The zero-order valence-electron chi connectivity index (χ0n) is 13.4. The van der Waals surface area contributed by atoms with Crippen LogP contribution in [0.15, 0.2) is 12.1 Å². The molecule has 1 saturated heterocycles. The van der Waals surface area contributed by atoms with Gasteiger partial charge in [0.1, 0.15) is 0 Å². The SMILES string of the molecule is COc1cc2c(cc1OC)CN(S(=O)(=O)N1CCOCC1)CC2. The standard InChI is InChI=1S/C15H22N2O5S/c1-20-14-9-12-3-4-17(11-13(12)10-15(14)21-2)23(18,19)16-5-7-22-8-6-16/h9-10H,3-8,11H2,1-2H3. The Hall–Kier alpha value is -1.35. The lowest BCUT2D eigenvalue weighted by molar-refractivity contribution is 0.0699. The van der Waals surface area contributed by atoms with Crippen LogP contribution < -0.4 is 9.47 Å². The normalized spacial score (nSPS) is 20.1. The van der Waals surface area contributed by atoms with Gasteiger partial charge in [-0.05, 0) is 29.7 Å². The lowest BCUT2D eigenvalue weighted by Crippen LogP contribution is -2.49. The summed E-state index contributed by atoms with van der Waals surface area (Å²) in [4.78, 5) is 0. The second-order valence-corrected chi connectivity index (χ2v) is 7.51. The van der Waals surface area contributed by atoms with Gasteiger partial charge < -0.3 is 14.2 Å². The molecule has 0 unspecified atom stereocenters. The average molecular weight is 342 g/mol. The van der Waals surface area contributed by atoms with Crippen molar-refractivity contribution in [3.63, 3.8) is 0 Å². The van der Waals surface area contributed by atoms with Crippen molar-refractivity contribution < 1.29 is 22.6 Å². The van der Waals surface area contributed by atoms with Crippen molar-refractivity contribution in [3.05, 3.63) is 23.3 Å². The third kappa shape index (κ3) is 3.16.